The molecular weight excluding hydrogens is 248 g/mol. The second-order valence-electron chi connectivity index (χ2n) is 4.86. The van der Waals surface area contributed by atoms with Gasteiger partial charge in [-0.3, -0.25) is 9.59 Å². The van der Waals surface area contributed by atoms with Crippen molar-refractivity contribution < 1.29 is 9.59 Å². The maximum Gasteiger partial charge on any atom is 0.143 e. The number of carbonyl (C=O) groups is 2. The maximum absolute atomic E-state index is 12.0. The highest BCUT2D eigenvalue weighted by atomic mass is 35.5. The molecule has 0 radical (unpaired) electrons. The van der Waals surface area contributed by atoms with Crippen molar-refractivity contribution >= 4 is 23.2 Å². The molecule has 2 rings (SSSR count). The average molecular weight is 265 g/mol. The summed E-state index contributed by atoms with van der Waals surface area (Å²) in [4.78, 5) is 23.7. The van der Waals surface area contributed by atoms with Gasteiger partial charge >= 0.3 is 0 Å². The van der Waals surface area contributed by atoms with Crippen molar-refractivity contribution in [2.24, 2.45) is 5.92 Å². The zero-order valence-corrected chi connectivity index (χ0v) is 11.1. The second-order valence-corrected chi connectivity index (χ2v) is 5.29. The highest BCUT2D eigenvalue weighted by molar-refractivity contribution is 6.30. The molecule has 0 heterocycles. The lowest BCUT2D eigenvalue weighted by molar-refractivity contribution is -0.134. The summed E-state index contributed by atoms with van der Waals surface area (Å²) in [6, 6.07) is 7.51. The zero-order valence-electron chi connectivity index (χ0n) is 10.3. The molecule has 1 aromatic rings. The Morgan fingerprint density at radius 2 is 1.94 bits per heavy atom. The van der Waals surface area contributed by atoms with Gasteiger partial charge in [0.15, 0.2) is 0 Å². The van der Waals surface area contributed by atoms with Crippen LogP contribution >= 0.6 is 11.6 Å². The van der Waals surface area contributed by atoms with E-state index in [1.54, 1.807) is 0 Å². The van der Waals surface area contributed by atoms with Crippen LogP contribution in [-0.2, 0) is 16.0 Å². The summed E-state index contributed by atoms with van der Waals surface area (Å²) in [7, 11) is 0. The van der Waals surface area contributed by atoms with Crippen LogP contribution in [0.15, 0.2) is 24.3 Å². The first kappa shape index (κ1) is 13.3. The number of carbonyl (C=O) groups excluding carboxylic acids is 2. The molecule has 1 aromatic carbocycles. The summed E-state index contributed by atoms with van der Waals surface area (Å²) < 4.78 is 0. The predicted octanol–water partition coefficient (Wildman–Crippen LogP) is 3.60. The molecular formula is C15H17ClO2. The van der Waals surface area contributed by atoms with Gasteiger partial charge in [0, 0.05) is 17.9 Å². The maximum atomic E-state index is 12.0. The van der Waals surface area contributed by atoms with Crippen LogP contribution in [0.3, 0.4) is 0 Å². The van der Waals surface area contributed by atoms with Gasteiger partial charge in [-0.05, 0) is 37.0 Å². The molecule has 3 heteroatoms. The fraction of sp³-hybridized carbons (Fsp3) is 0.467. The third kappa shape index (κ3) is 3.42. The molecule has 2 nitrogen and oxygen atoms in total. The summed E-state index contributed by atoms with van der Waals surface area (Å²) in [5.41, 5.74) is 1.09. The summed E-state index contributed by atoms with van der Waals surface area (Å²) in [6.07, 6.45) is 4.43. The molecule has 1 aliphatic carbocycles. The monoisotopic (exact) mass is 264 g/mol. The van der Waals surface area contributed by atoms with Crippen LogP contribution in [-0.4, -0.2) is 11.6 Å². The molecule has 1 aliphatic rings. The number of benzene rings is 1. The molecule has 96 valence electrons. The van der Waals surface area contributed by atoms with Gasteiger partial charge in [-0.15, -0.1) is 0 Å². The van der Waals surface area contributed by atoms with Gasteiger partial charge in [-0.2, -0.15) is 0 Å². The Morgan fingerprint density at radius 1 is 1.22 bits per heavy atom. The predicted molar refractivity (Wildman–Crippen MR) is 71.7 cm³/mol. The molecule has 0 aromatic heterocycles. The Labute approximate surface area is 112 Å². The van der Waals surface area contributed by atoms with Crippen LogP contribution in [0.5, 0.6) is 0 Å². The lowest BCUT2D eigenvalue weighted by Crippen LogP contribution is -2.27. The molecule has 0 aliphatic heterocycles. The summed E-state index contributed by atoms with van der Waals surface area (Å²) in [5.74, 6) is -0.0805. The number of aryl methyl sites for hydroxylation is 1. The van der Waals surface area contributed by atoms with E-state index < -0.39 is 0 Å². The Bertz CT molecular complexity index is 436. The van der Waals surface area contributed by atoms with Crippen molar-refractivity contribution in [2.45, 2.75) is 38.5 Å². The van der Waals surface area contributed by atoms with Crippen molar-refractivity contribution in [2.75, 3.05) is 0 Å². The highest BCUT2D eigenvalue weighted by Gasteiger charge is 2.27. The third-order valence-electron chi connectivity index (χ3n) is 3.52. The molecule has 0 saturated heterocycles. The molecule has 0 N–H and O–H groups in total. The highest BCUT2D eigenvalue weighted by Crippen LogP contribution is 2.23. The van der Waals surface area contributed by atoms with E-state index in [1.165, 1.54) is 0 Å². The summed E-state index contributed by atoms with van der Waals surface area (Å²) in [5, 5.41) is 0.701. The van der Waals surface area contributed by atoms with Crippen molar-refractivity contribution in [1.82, 2.24) is 0 Å². The molecule has 0 spiro atoms. The van der Waals surface area contributed by atoms with E-state index in [1.807, 2.05) is 24.3 Å². The van der Waals surface area contributed by atoms with E-state index in [-0.39, 0.29) is 17.5 Å². The Kier molecular flexibility index (Phi) is 4.54. The number of Topliss-reactive ketones (excluding diaryl/α,β-unsaturated/α-hetero) is 2. The van der Waals surface area contributed by atoms with E-state index in [4.69, 9.17) is 11.6 Å². The quantitative estimate of drug-likeness (QED) is 0.779. The van der Waals surface area contributed by atoms with Crippen LogP contribution in [0.1, 0.15) is 37.7 Å². The van der Waals surface area contributed by atoms with E-state index in [0.29, 0.717) is 24.3 Å². The van der Waals surface area contributed by atoms with E-state index >= 15 is 0 Å². The van der Waals surface area contributed by atoms with Gasteiger partial charge in [-0.25, -0.2) is 0 Å². The minimum Gasteiger partial charge on any atom is -0.299 e. The minimum atomic E-state index is -0.328. The van der Waals surface area contributed by atoms with Crippen molar-refractivity contribution in [3.8, 4) is 0 Å². The normalized spacial score (nSPS) is 19.8. The molecule has 0 bridgehead atoms. The Balaban J connectivity index is 1.87. The van der Waals surface area contributed by atoms with E-state index in [0.717, 1.165) is 24.8 Å². The Morgan fingerprint density at radius 3 is 2.61 bits per heavy atom. The van der Waals surface area contributed by atoms with Gasteiger partial charge in [-0.1, -0.05) is 30.2 Å². The topological polar surface area (TPSA) is 34.1 Å². The molecule has 1 fully saturated rings. The Hall–Kier alpha value is -1.15. The number of hydrogen-bond acceptors (Lipinski definition) is 2. The summed E-state index contributed by atoms with van der Waals surface area (Å²) in [6.45, 7) is 0. The average Bonchev–Trinajstić information content (AvgIpc) is 2.38. The molecule has 18 heavy (non-hydrogen) atoms. The molecule has 1 atom stereocenters. The largest absolute Gasteiger partial charge is 0.299 e. The lowest BCUT2D eigenvalue weighted by atomic mass is 9.83. The number of ketones is 2. The number of halogens is 1. The van der Waals surface area contributed by atoms with E-state index in [9.17, 15) is 9.59 Å². The molecule has 1 unspecified atom stereocenters. The fourth-order valence-corrected chi connectivity index (χ4v) is 2.54. The van der Waals surface area contributed by atoms with Gasteiger partial charge in [0.1, 0.15) is 11.6 Å². The minimum absolute atomic E-state index is 0.106. The second kappa shape index (κ2) is 6.14. The van der Waals surface area contributed by atoms with Crippen LogP contribution in [0.4, 0.5) is 0 Å². The molecule has 1 saturated carbocycles. The van der Waals surface area contributed by atoms with E-state index in [2.05, 4.69) is 0 Å². The zero-order chi connectivity index (χ0) is 13.0. The van der Waals surface area contributed by atoms with Crippen molar-refractivity contribution in [3.05, 3.63) is 34.9 Å². The first-order valence-corrected chi connectivity index (χ1v) is 6.84. The SMILES string of the molecule is O=C1CCCCC1C(=O)CCc1ccc(Cl)cc1. The summed E-state index contributed by atoms with van der Waals surface area (Å²) >= 11 is 5.80. The fourth-order valence-electron chi connectivity index (χ4n) is 2.42. The third-order valence-corrected chi connectivity index (χ3v) is 3.77. The first-order valence-electron chi connectivity index (χ1n) is 6.46. The number of rotatable bonds is 4. The standard InChI is InChI=1S/C15H17ClO2/c16-12-8-5-11(6-9-12)7-10-15(18)13-3-1-2-4-14(13)17/h5-6,8-9,13H,1-4,7,10H2. The van der Waals surface area contributed by atoms with Crippen molar-refractivity contribution in [1.29, 1.82) is 0 Å². The van der Waals surface area contributed by atoms with Gasteiger partial charge in [0.2, 0.25) is 0 Å². The number of hydrogen-bond donors (Lipinski definition) is 0. The van der Waals surface area contributed by atoms with Gasteiger partial charge < -0.3 is 0 Å². The van der Waals surface area contributed by atoms with Gasteiger partial charge in [0.05, 0.1) is 5.92 Å². The lowest BCUT2D eigenvalue weighted by Gasteiger charge is -2.19. The first-order chi connectivity index (χ1) is 8.66. The van der Waals surface area contributed by atoms with Crippen molar-refractivity contribution in [3.63, 3.8) is 0 Å². The van der Waals surface area contributed by atoms with Crippen LogP contribution in [0.2, 0.25) is 5.02 Å². The van der Waals surface area contributed by atoms with Crippen LogP contribution < -0.4 is 0 Å². The van der Waals surface area contributed by atoms with Crippen LogP contribution in [0, 0.1) is 5.92 Å². The molecule has 0 amide bonds. The smallest absolute Gasteiger partial charge is 0.143 e. The van der Waals surface area contributed by atoms with Crippen LogP contribution in [0.25, 0.3) is 0 Å². The van der Waals surface area contributed by atoms with Gasteiger partial charge in [0.25, 0.3) is 0 Å².